The first kappa shape index (κ1) is 9.05. The lowest BCUT2D eigenvalue weighted by Gasteiger charge is -2.19. The minimum atomic E-state index is 0.910. The van der Waals surface area contributed by atoms with Gasteiger partial charge in [-0.05, 0) is 37.8 Å². The van der Waals surface area contributed by atoms with Crippen LogP contribution in [-0.4, -0.2) is 24.5 Å². The van der Waals surface area contributed by atoms with Crippen LogP contribution in [-0.2, 0) is 0 Å². The summed E-state index contributed by atoms with van der Waals surface area (Å²) in [5.41, 5.74) is 0. The fourth-order valence-corrected chi connectivity index (χ4v) is 2.10. The number of hydrogen-bond donors (Lipinski definition) is 0. The highest BCUT2D eigenvalue weighted by atomic mass is 15.1. The first-order chi connectivity index (χ1) is 5.22. The van der Waals surface area contributed by atoms with E-state index in [1.54, 1.807) is 0 Å². The second-order valence-corrected chi connectivity index (χ2v) is 4.13. The largest absolute Gasteiger partial charge is 0.303 e. The molecule has 0 aliphatic carbocycles. The van der Waals surface area contributed by atoms with Crippen molar-refractivity contribution in [1.29, 1.82) is 0 Å². The third kappa shape index (κ3) is 2.82. The third-order valence-electron chi connectivity index (χ3n) is 2.76. The van der Waals surface area contributed by atoms with Crippen molar-refractivity contribution in [2.24, 2.45) is 11.8 Å². The smallest absolute Gasteiger partial charge is 0.000700 e. The summed E-state index contributed by atoms with van der Waals surface area (Å²) in [7, 11) is 0. The molecule has 0 amide bonds. The molecule has 0 N–H and O–H groups in total. The van der Waals surface area contributed by atoms with Crippen molar-refractivity contribution in [2.75, 3.05) is 19.6 Å². The molecule has 0 aromatic heterocycles. The lowest BCUT2D eigenvalue weighted by atomic mass is 9.97. The Hall–Kier alpha value is -0.0400. The molecule has 1 aliphatic heterocycles. The van der Waals surface area contributed by atoms with Gasteiger partial charge in [-0.15, -0.1) is 0 Å². The normalized spacial score (nSPS) is 35.2. The Kier molecular flexibility index (Phi) is 3.38. The molecule has 0 aromatic rings. The van der Waals surface area contributed by atoms with Gasteiger partial charge in [-0.1, -0.05) is 20.8 Å². The van der Waals surface area contributed by atoms with Crippen LogP contribution < -0.4 is 0 Å². The Balaban J connectivity index is 2.39. The average Bonchev–Trinajstić information content (AvgIpc) is 2.11. The highest BCUT2D eigenvalue weighted by Gasteiger charge is 2.17. The molecule has 1 heterocycles. The molecule has 0 saturated carbocycles. The molecule has 1 aliphatic rings. The van der Waals surface area contributed by atoms with Crippen molar-refractivity contribution in [1.82, 2.24) is 4.90 Å². The van der Waals surface area contributed by atoms with Crippen LogP contribution >= 0.6 is 0 Å². The van der Waals surface area contributed by atoms with E-state index in [0.717, 1.165) is 11.8 Å². The summed E-state index contributed by atoms with van der Waals surface area (Å²) >= 11 is 0. The number of hydrogen-bond acceptors (Lipinski definition) is 1. The van der Waals surface area contributed by atoms with Crippen LogP contribution in [0.4, 0.5) is 0 Å². The molecule has 1 nitrogen and oxygen atoms in total. The van der Waals surface area contributed by atoms with Crippen LogP contribution in [0.25, 0.3) is 0 Å². The van der Waals surface area contributed by atoms with Gasteiger partial charge < -0.3 is 4.90 Å². The van der Waals surface area contributed by atoms with Gasteiger partial charge in [0.15, 0.2) is 0 Å². The maximum Gasteiger partial charge on any atom is 0.000700 e. The minimum Gasteiger partial charge on any atom is -0.303 e. The van der Waals surface area contributed by atoms with Gasteiger partial charge in [-0.3, -0.25) is 0 Å². The highest BCUT2D eigenvalue weighted by Crippen LogP contribution is 2.20. The Morgan fingerprint density at radius 3 is 2.64 bits per heavy atom. The van der Waals surface area contributed by atoms with E-state index in [2.05, 4.69) is 25.7 Å². The molecular formula is C10H21N. The first-order valence-corrected chi connectivity index (χ1v) is 4.94. The summed E-state index contributed by atoms with van der Waals surface area (Å²) in [6.07, 6.45) is 2.83. The molecule has 1 rings (SSSR count). The third-order valence-corrected chi connectivity index (χ3v) is 2.76. The van der Waals surface area contributed by atoms with Crippen molar-refractivity contribution in [3.05, 3.63) is 0 Å². The molecule has 0 spiro atoms. The SMILES string of the molecule is CCN1CCC(C)C[C@H](C)C1. The van der Waals surface area contributed by atoms with E-state index in [9.17, 15) is 0 Å². The lowest BCUT2D eigenvalue weighted by molar-refractivity contribution is 0.269. The van der Waals surface area contributed by atoms with Crippen LogP contribution in [0.2, 0.25) is 0 Å². The zero-order valence-electron chi connectivity index (χ0n) is 8.14. The van der Waals surface area contributed by atoms with Gasteiger partial charge >= 0.3 is 0 Å². The Bertz CT molecular complexity index is 111. The van der Waals surface area contributed by atoms with E-state index >= 15 is 0 Å². The quantitative estimate of drug-likeness (QED) is 0.562. The second-order valence-electron chi connectivity index (χ2n) is 4.13. The molecule has 0 aromatic carbocycles. The van der Waals surface area contributed by atoms with E-state index in [4.69, 9.17) is 0 Å². The van der Waals surface area contributed by atoms with E-state index in [0.29, 0.717) is 0 Å². The summed E-state index contributed by atoms with van der Waals surface area (Å²) in [5.74, 6) is 1.86. The van der Waals surface area contributed by atoms with E-state index in [-0.39, 0.29) is 0 Å². The monoisotopic (exact) mass is 155 g/mol. The maximum absolute atomic E-state index is 2.58. The summed E-state index contributed by atoms with van der Waals surface area (Å²) in [4.78, 5) is 2.58. The van der Waals surface area contributed by atoms with E-state index < -0.39 is 0 Å². The molecule has 2 atom stereocenters. The molecule has 1 saturated heterocycles. The van der Waals surface area contributed by atoms with Crippen molar-refractivity contribution in [3.63, 3.8) is 0 Å². The molecular weight excluding hydrogens is 134 g/mol. The minimum absolute atomic E-state index is 0.910. The number of rotatable bonds is 1. The fourth-order valence-electron chi connectivity index (χ4n) is 2.10. The summed E-state index contributed by atoms with van der Waals surface area (Å²) in [6, 6.07) is 0. The maximum atomic E-state index is 2.58. The van der Waals surface area contributed by atoms with Gasteiger partial charge in [-0.2, -0.15) is 0 Å². The van der Waals surface area contributed by atoms with Gasteiger partial charge in [0.2, 0.25) is 0 Å². The predicted molar refractivity (Wildman–Crippen MR) is 49.7 cm³/mol. The molecule has 1 fully saturated rings. The summed E-state index contributed by atoms with van der Waals surface area (Å²) in [5, 5.41) is 0. The number of nitrogens with zero attached hydrogens (tertiary/aromatic N) is 1. The molecule has 0 bridgehead atoms. The molecule has 66 valence electrons. The fraction of sp³-hybridized carbons (Fsp3) is 1.00. The van der Waals surface area contributed by atoms with Gasteiger partial charge in [0.1, 0.15) is 0 Å². The van der Waals surface area contributed by atoms with Crippen LogP contribution in [0.5, 0.6) is 0 Å². The zero-order chi connectivity index (χ0) is 8.27. The zero-order valence-corrected chi connectivity index (χ0v) is 8.14. The van der Waals surface area contributed by atoms with Crippen LogP contribution in [0.15, 0.2) is 0 Å². The van der Waals surface area contributed by atoms with Gasteiger partial charge in [0, 0.05) is 6.54 Å². The first-order valence-electron chi connectivity index (χ1n) is 4.94. The van der Waals surface area contributed by atoms with E-state index in [1.807, 2.05) is 0 Å². The topological polar surface area (TPSA) is 3.24 Å². The number of likely N-dealkylation sites (tertiary alicyclic amines) is 1. The second kappa shape index (κ2) is 4.10. The average molecular weight is 155 g/mol. The van der Waals surface area contributed by atoms with E-state index in [1.165, 1.54) is 32.5 Å². The lowest BCUT2D eigenvalue weighted by Crippen LogP contribution is -2.27. The van der Waals surface area contributed by atoms with Crippen LogP contribution in [0, 0.1) is 11.8 Å². The Morgan fingerprint density at radius 2 is 2.00 bits per heavy atom. The van der Waals surface area contributed by atoms with Gasteiger partial charge in [-0.25, -0.2) is 0 Å². The molecule has 1 unspecified atom stereocenters. The summed E-state index contributed by atoms with van der Waals surface area (Å²) in [6.45, 7) is 10.9. The summed E-state index contributed by atoms with van der Waals surface area (Å²) < 4.78 is 0. The van der Waals surface area contributed by atoms with Gasteiger partial charge in [0.05, 0.1) is 0 Å². The molecule has 11 heavy (non-hydrogen) atoms. The van der Waals surface area contributed by atoms with Crippen LogP contribution in [0.3, 0.4) is 0 Å². The van der Waals surface area contributed by atoms with Crippen molar-refractivity contribution in [2.45, 2.75) is 33.6 Å². The highest BCUT2D eigenvalue weighted by molar-refractivity contribution is 4.70. The Morgan fingerprint density at radius 1 is 1.27 bits per heavy atom. The van der Waals surface area contributed by atoms with Crippen LogP contribution in [0.1, 0.15) is 33.6 Å². The Labute approximate surface area is 70.8 Å². The standard InChI is InChI=1S/C10H21N/c1-4-11-6-5-9(2)7-10(3)8-11/h9-10H,4-8H2,1-3H3/t9?,10-/m0/s1. The molecule has 1 heteroatoms. The predicted octanol–water partition coefficient (Wildman–Crippen LogP) is 2.37. The van der Waals surface area contributed by atoms with Gasteiger partial charge in [0.25, 0.3) is 0 Å². The van der Waals surface area contributed by atoms with Crippen molar-refractivity contribution >= 4 is 0 Å². The molecule has 0 radical (unpaired) electrons. The van der Waals surface area contributed by atoms with Crippen molar-refractivity contribution in [3.8, 4) is 0 Å². The van der Waals surface area contributed by atoms with Crippen molar-refractivity contribution < 1.29 is 0 Å².